The summed E-state index contributed by atoms with van der Waals surface area (Å²) in [6, 6.07) is 8.83. The molecular formula is C21H23FN6O. The van der Waals surface area contributed by atoms with E-state index in [0.29, 0.717) is 36.5 Å². The maximum absolute atomic E-state index is 14.6. The highest BCUT2D eigenvalue weighted by molar-refractivity contribution is 5.94. The van der Waals surface area contributed by atoms with E-state index in [0.717, 1.165) is 16.9 Å². The molecule has 1 aliphatic rings. The van der Waals surface area contributed by atoms with Crippen molar-refractivity contribution in [1.82, 2.24) is 20.1 Å². The van der Waals surface area contributed by atoms with Gasteiger partial charge < -0.3 is 5.32 Å². The minimum Gasteiger partial charge on any atom is -0.347 e. The number of nitrogens with one attached hydrogen (secondary N) is 2. The van der Waals surface area contributed by atoms with E-state index in [1.54, 1.807) is 17.4 Å². The molecule has 0 fully saturated rings. The second-order valence-electron chi connectivity index (χ2n) is 6.98. The van der Waals surface area contributed by atoms with Gasteiger partial charge in [0.05, 0.1) is 24.5 Å². The van der Waals surface area contributed by atoms with Crippen LogP contribution in [0.25, 0.3) is 5.65 Å². The van der Waals surface area contributed by atoms with Crippen LogP contribution in [0, 0.1) is 12.7 Å². The van der Waals surface area contributed by atoms with Gasteiger partial charge >= 0.3 is 0 Å². The molecule has 7 nitrogen and oxygen atoms in total. The van der Waals surface area contributed by atoms with Crippen molar-refractivity contribution in [2.75, 3.05) is 18.1 Å². The molecule has 3 heterocycles. The third kappa shape index (κ3) is 3.78. The number of anilines is 1. The molecule has 2 N–H and O–H groups in total. The lowest BCUT2D eigenvalue weighted by Gasteiger charge is -2.26. The van der Waals surface area contributed by atoms with Gasteiger partial charge in [-0.1, -0.05) is 19.1 Å². The van der Waals surface area contributed by atoms with Gasteiger partial charge in [0, 0.05) is 12.7 Å². The molecule has 0 saturated heterocycles. The minimum atomic E-state index is -0.348. The molecule has 29 heavy (non-hydrogen) atoms. The average molecular weight is 394 g/mol. The zero-order chi connectivity index (χ0) is 20.4. The number of amides is 1. The molecular weight excluding hydrogens is 371 g/mol. The quantitative estimate of drug-likeness (QED) is 0.698. The van der Waals surface area contributed by atoms with E-state index in [1.807, 2.05) is 42.6 Å². The predicted molar refractivity (Wildman–Crippen MR) is 111 cm³/mol. The van der Waals surface area contributed by atoms with Crippen molar-refractivity contribution in [1.29, 1.82) is 0 Å². The number of aryl methyl sites for hydroxylation is 2. The smallest absolute Gasteiger partial charge is 0.270 e. The Morgan fingerprint density at radius 1 is 1.31 bits per heavy atom. The Labute approximate surface area is 168 Å². The molecule has 0 spiro atoms. The number of carbonyl (C=O) groups excluding carboxylic acids is 1. The number of pyridine rings is 1. The lowest BCUT2D eigenvalue weighted by Crippen LogP contribution is -2.42. The molecule has 0 unspecified atom stereocenters. The van der Waals surface area contributed by atoms with Crippen LogP contribution in [0.2, 0.25) is 0 Å². The van der Waals surface area contributed by atoms with Crippen molar-refractivity contribution in [3.63, 3.8) is 0 Å². The van der Waals surface area contributed by atoms with Gasteiger partial charge in [-0.15, -0.1) is 0 Å². The fourth-order valence-corrected chi connectivity index (χ4v) is 3.42. The Balaban J connectivity index is 1.51. The van der Waals surface area contributed by atoms with Crippen LogP contribution in [0.5, 0.6) is 0 Å². The number of nitrogens with zero attached hydrogens (tertiary/aromatic N) is 4. The van der Waals surface area contributed by atoms with E-state index in [2.05, 4.69) is 20.7 Å². The van der Waals surface area contributed by atoms with Gasteiger partial charge in [0.15, 0.2) is 0 Å². The van der Waals surface area contributed by atoms with Crippen molar-refractivity contribution in [2.45, 2.75) is 26.8 Å². The first-order valence-corrected chi connectivity index (χ1v) is 9.63. The van der Waals surface area contributed by atoms with Gasteiger partial charge in [-0.05, 0) is 42.7 Å². The maximum Gasteiger partial charge on any atom is 0.270 e. The maximum atomic E-state index is 14.6. The van der Waals surface area contributed by atoms with Crippen molar-refractivity contribution in [2.24, 2.45) is 4.99 Å². The molecule has 1 amide bonds. The Morgan fingerprint density at radius 3 is 2.90 bits per heavy atom. The molecule has 4 rings (SSSR count). The number of halogens is 1. The molecule has 0 atom stereocenters. The highest BCUT2D eigenvalue weighted by Gasteiger charge is 2.19. The lowest BCUT2D eigenvalue weighted by molar-refractivity contribution is 0.0944. The van der Waals surface area contributed by atoms with E-state index >= 15 is 0 Å². The molecule has 0 bridgehead atoms. The van der Waals surface area contributed by atoms with Crippen molar-refractivity contribution in [3.05, 3.63) is 64.9 Å². The number of hydrogen-bond donors (Lipinski definition) is 2. The van der Waals surface area contributed by atoms with Gasteiger partial charge in [0.1, 0.15) is 23.5 Å². The number of imidazole rings is 1. The number of rotatable bonds is 5. The van der Waals surface area contributed by atoms with Crippen molar-refractivity contribution >= 4 is 23.6 Å². The van der Waals surface area contributed by atoms with Crippen molar-refractivity contribution < 1.29 is 9.18 Å². The molecule has 3 aromatic rings. The van der Waals surface area contributed by atoms with Crippen LogP contribution in [0.15, 0.2) is 41.5 Å². The van der Waals surface area contributed by atoms with Crippen LogP contribution in [-0.2, 0) is 13.0 Å². The van der Waals surface area contributed by atoms with E-state index in [1.165, 1.54) is 6.07 Å². The van der Waals surface area contributed by atoms with Gasteiger partial charge in [0.25, 0.3) is 5.91 Å². The molecule has 8 heteroatoms. The number of hydrazine groups is 1. The van der Waals surface area contributed by atoms with Crippen LogP contribution in [0.1, 0.15) is 34.2 Å². The van der Waals surface area contributed by atoms with Crippen LogP contribution in [-0.4, -0.2) is 34.7 Å². The summed E-state index contributed by atoms with van der Waals surface area (Å²) in [5.41, 5.74) is 7.12. The molecule has 150 valence electrons. The van der Waals surface area contributed by atoms with Crippen LogP contribution in [0.4, 0.5) is 10.1 Å². The molecule has 0 radical (unpaired) electrons. The fraction of sp³-hybridized carbons (Fsp3) is 0.286. The van der Waals surface area contributed by atoms with E-state index in [4.69, 9.17) is 0 Å². The molecule has 0 aliphatic carbocycles. The zero-order valence-electron chi connectivity index (χ0n) is 16.4. The standard InChI is InChI=1S/C21H23FN6O/c1-3-17-20(27-12-14(2)4-7-19(27)26-17)21(29)24-11-15-5-6-18(16(22)10-15)28-9-8-23-13-25-28/h4-7,10,12-13H,3,8-9,11H2,1-2H3,(H,23,25)(H,24,29). The van der Waals surface area contributed by atoms with E-state index < -0.39 is 0 Å². The van der Waals surface area contributed by atoms with Crippen LogP contribution in [0.3, 0.4) is 0 Å². The summed E-state index contributed by atoms with van der Waals surface area (Å²) < 4.78 is 16.4. The summed E-state index contributed by atoms with van der Waals surface area (Å²) in [7, 11) is 0. The van der Waals surface area contributed by atoms with E-state index in [9.17, 15) is 9.18 Å². The summed E-state index contributed by atoms with van der Waals surface area (Å²) in [5.74, 6) is -0.572. The van der Waals surface area contributed by atoms with Gasteiger partial charge in [-0.2, -0.15) is 0 Å². The summed E-state index contributed by atoms with van der Waals surface area (Å²) in [6.07, 6.45) is 4.11. The summed E-state index contributed by atoms with van der Waals surface area (Å²) in [6.45, 7) is 5.38. The predicted octanol–water partition coefficient (Wildman–Crippen LogP) is 2.63. The molecule has 1 aromatic carbocycles. The average Bonchev–Trinajstić information content (AvgIpc) is 3.10. The second kappa shape index (κ2) is 7.90. The number of fused-ring (bicyclic) bond motifs is 1. The number of aromatic nitrogens is 2. The minimum absolute atomic E-state index is 0.224. The molecule has 0 saturated carbocycles. The first kappa shape index (κ1) is 18.9. The monoisotopic (exact) mass is 394 g/mol. The van der Waals surface area contributed by atoms with Crippen LogP contribution < -0.4 is 15.8 Å². The topological polar surface area (TPSA) is 74.0 Å². The van der Waals surface area contributed by atoms with E-state index in [-0.39, 0.29) is 18.3 Å². The molecule has 2 aromatic heterocycles. The van der Waals surface area contributed by atoms with Gasteiger partial charge in [0.2, 0.25) is 0 Å². The summed E-state index contributed by atoms with van der Waals surface area (Å²) in [5, 5.41) is 4.60. The second-order valence-corrected chi connectivity index (χ2v) is 6.98. The summed E-state index contributed by atoms with van der Waals surface area (Å²) >= 11 is 0. The first-order chi connectivity index (χ1) is 14.1. The zero-order valence-corrected chi connectivity index (χ0v) is 16.4. The Morgan fingerprint density at radius 2 is 2.17 bits per heavy atom. The number of hydrogen-bond acceptors (Lipinski definition) is 5. The lowest BCUT2D eigenvalue weighted by atomic mass is 10.1. The SMILES string of the molecule is CCc1nc2ccc(C)cn2c1C(=O)NCc1ccc(N2CCN=CN2)c(F)c1. The number of aliphatic imine (C=N–C) groups is 1. The fourth-order valence-electron chi connectivity index (χ4n) is 3.42. The largest absolute Gasteiger partial charge is 0.347 e. The first-order valence-electron chi connectivity index (χ1n) is 9.63. The Bertz CT molecular complexity index is 1090. The molecule has 1 aliphatic heterocycles. The van der Waals surface area contributed by atoms with Crippen LogP contribution >= 0.6 is 0 Å². The third-order valence-electron chi connectivity index (χ3n) is 4.90. The number of carbonyl (C=O) groups is 1. The number of benzene rings is 1. The Hall–Kier alpha value is -3.42. The Kier molecular flexibility index (Phi) is 5.16. The van der Waals surface area contributed by atoms with Gasteiger partial charge in [-0.3, -0.25) is 24.6 Å². The third-order valence-corrected chi connectivity index (χ3v) is 4.90. The van der Waals surface area contributed by atoms with Crippen molar-refractivity contribution in [3.8, 4) is 0 Å². The van der Waals surface area contributed by atoms with Gasteiger partial charge in [-0.25, -0.2) is 9.37 Å². The highest BCUT2D eigenvalue weighted by atomic mass is 19.1. The highest BCUT2D eigenvalue weighted by Crippen LogP contribution is 2.20. The summed E-state index contributed by atoms with van der Waals surface area (Å²) in [4.78, 5) is 21.5. The normalized spacial score (nSPS) is 13.6.